The van der Waals surface area contributed by atoms with E-state index in [0.29, 0.717) is 23.8 Å². The topological polar surface area (TPSA) is 91.3 Å². The Morgan fingerprint density at radius 1 is 0.850 bits per heavy atom. The van der Waals surface area contributed by atoms with E-state index in [4.69, 9.17) is 18.9 Å². The molecule has 0 radical (unpaired) electrons. The highest BCUT2D eigenvalue weighted by atomic mass is 16.6. The number of ether oxygens (including phenoxy) is 4. The molecule has 0 heterocycles. The molecule has 7 nitrogen and oxygen atoms in total. The number of hydrogen-bond donors (Lipinski definition) is 1. The van der Waals surface area contributed by atoms with Crippen molar-refractivity contribution in [1.82, 2.24) is 0 Å². The molecule has 0 aromatic heterocycles. The normalized spacial score (nSPS) is 14.0. The zero-order valence-electron chi connectivity index (χ0n) is 26.3. The fraction of sp³-hybridized carbons (Fsp3) is 0.576. The number of carbonyl (C=O) groups excluding carboxylic acids is 2. The van der Waals surface area contributed by atoms with Crippen molar-refractivity contribution in [2.24, 2.45) is 11.8 Å². The number of aliphatic hydroxyl groups is 1. The number of hydrogen-bond acceptors (Lipinski definition) is 7. The van der Waals surface area contributed by atoms with Gasteiger partial charge in [0.15, 0.2) is 24.7 Å². The molecule has 1 aromatic carbocycles. The first kappa shape index (κ1) is 34.8. The van der Waals surface area contributed by atoms with E-state index < -0.39 is 23.1 Å². The summed E-state index contributed by atoms with van der Waals surface area (Å²) in [6, 6.07) is 5.48. The zero-order valence-corrected chi connectivity index (χ0v) is 26.3. The predicted octanol–water partition coefficient (Wildman–Crippen LogP) is 7.86. The van der Waals surface area contributed by atoms with E-state index in [0.717, 1.165) is 11.1 Å². The van der Waals surface area contributed by atoms with Crippen molar-refractivity contribution in [1.29, 1.82) is 0 Å². The molecule has 0 saturated heterocycles. The minimum atomic E-state index is -0.649. The van der Waals surface area contributed by atoms with Gasteiger partial charge >= 0.3 is 11.9 Å². The quantitative estimate of drug-likeness (QED) is 0.150. The summed E-state index contributed by atoms with van der Waals surface area (Å²) < 4.78 is 22.4. The van der Waals surface area contributed by atoms with Crippen molar-refractivity contribution < 1.29 is 33.6 Å². The summed E-state index contributed by atoms with van der Waals surface area (Å²) >= 11 is 0. The molecule has 224 valence electrons. The van der Waals surface area contributed by atoms with Crippen LogP contribution >= 0.6 is 0 Å². The molecule has 1 rings (SSSR count). The molecule has 0 aliphatic carbocycles. The van der Waals surface area contributed by atoms with Gasteiger partial charge in [-0.05, 0) is 95.9 Å². The first-order valence-corrected chi connectivity index (χ1v) is 13.9. The van der Waals surface area contributed by atoms with Crippen LogP contribution in [0.2, 0.25) is 0 Å². The number of esters is 2. The van der Waals surface area contributed by atoms with Crippen LogP contribution in [0.3, 0.4) is 0 Å². The van der Waals surface area contributed by atoms with Crippen molar-refractivity contribution >= 4 is 11.9 Å². The molecular formula is C33H50O7. The van der Waals surface area contributed by atoms with Gasteiger partial charge in [-0.15, -0.1) is 0 Å². The fourth-order valence-electron chi connectivity index (χ4n) is 3.77. The number of rotatable bonds is 13. The molecule has 0 bridgehead atoms. The molecule has 0 spiro atoms. The van der Waals surface area contributed by atoms with Crippen LogP contribution in [0.5, 0.6) is 11.5 Å². The fourth-order valence-corrected chi connectivity index (χ4v) is 3.77. The second-order valence-electron chi connectivity index (χ2n) is 12.6. The van der Waals surface area contributed by atoms with E-state index in [9.17, 15) is 14.7 Å². The largest absolute Gasteiger partial charge is 0.512 e. The van der Waals surface area contributed by atoms with Crippen LogP contribution in [0.25, 0.3) is 0 Å². The predicted molar refractivity (Wildman–Crippen MR) is 160 cm³/mol. The Morgan fingerprint density at radius 3 is 1.82 bits per heavy atom. The number of carbonyl (C=O) groups is 2. The standard InChI is InChI=1S/C33H50O7/c1-22(2)14-12-13-15-25(24(5)34)18-27(23(3)4)26-16-17-28(37-20-30(35)39-32(6,7)8)29(19-26)38-21-31(36)40-33(9,10)11/h12-17,19,22-23,27,34H,18,20-21H2,1-11H3/b14-12+,15-13-,25-24+. The van der Waals surface area contributed by atoms with Crippen LogP contribution < -0.4 is 9.47 Å². The maximum atomic E-state index is 12.4. The van der Waals surface area contributed by atoms with Crippen LogP contribution in [-0.4, -0.2) is 41.5 Å². The number of aliphatic hydroxyl groups excluding tert-OH is 1. The average Bonchev–Trinajstić information content (AvgIpc) is 2.78. The molecule has 40 heavy (non-hydrogen) atoms. The van der Waals surface area contributed by atoms with Crippen molar-refractivity contribution in [3.8, 4) is 11.5 Å². The van der Waals surface area contributed by atoms with E-state index in [2.05, 4.69) is 33.8 Å². The van der Waals surface area contributed by atoms with E-state index in [1.54, 1.807) is 54.5 Å². The van der Waals surface area contributed by atoms with Crippen LogP contribution in [-0.2, 0) is 19.1 Å². The second-order valence-corrected chi connectivity index (χ2v) is 12.6. The lowest BCUT2D eigenvalue weighted by Crippen LogP contribution is -2.28. The van der Waals surface area contributed by atoms with Gasteiger partial charge < -0.3 is 24.1 Å². The highest BCUT2D eigenvalue weighted by Gasteiger charge is 2.23. The van der Waals surface area contributed by atoms with Gasteiger partial charge in [0.25, 0.3) is 0 Å². The lowest BCUT2D eigenvalue weighted by molar-refractivity contribution is -0.158. The molecule has 7 heteroatoms. The lowest BCUT2D eigenvalue weighted by Gasteiger charge is -2.24. The molecule has 1 N–H and O–H groups in total. The smallest absolute Gasteiger partial charge is 0.344 e. The second kappa shape index (κ2) is 15.5. The molecule has 1 unspecified atom stereocenters. The minimum Gasteiger partial charge on any atom is -0.512 e. The molecule has 1 aromatic rings. The molecule has 0 aliphatic heterocycles. The zero-order chi connectivity index (χ0) is 30.7. The third-order valence-corrected chi connectivity index (χ3v) is 5.54. The summed E-state index contributed by atoms with van der Waals surface area (Å²) in [5, 5.41) is 10.4. The minimum absolute atomic E-state index is 0.0274. The van der Waals surface area contributed by atoms with Gasteiger partial charge in [0.05, 0.1) is 5.76 Å². The van der Waals surface area contributed by atoms with Gasteiger partial charge in [-0.1, -0.05) is 58.1 Å². The van der Waals surface area contributed by atoms with Crippen molar-refractivity contribution in [3.63, 3.8) is 0 Å². The Morgan fingerprint density at radius 2 is 1.38 bits per heavy atom. The monoisotopic (exact) mass is 558 g/mol. The number of allylic oxidation sites excluding steroid dienone is 6. The van der Waals surface area contributed by atoms with E-state index in [1.807, 2.05) is 30.4 Å². The van der Waals surface area contributed by atoms with Gasteiger partial charge in [0.1, 0.15) is 11.2 Å². The Labute approximate surface area is 241 Å². The third-order valence-electron chi connectivity index (χ3n) is 5.54. The highest BCUT2D eigenvalue weighted by molar-refractivity contribution is 5.72. The SMILES string of the molecule is C/C(O)=C(/C=C\C=C\C(C)C)CC(c1ccc(OCC(=O)OC(C)(C)C)c(OCC(=O)OC(C)(C)C)c1)C(C)C. The summed E-state index contributed by atoms with van der Waals surface area (Å²) in [4.78, 5) is 24.6. The average molecular weight is 559 g/mol. The Kier molecular flexibility index (Phi) is 13.5. The molecule has 0 aliphatic rings. The Balaban J connectivity index is 3.31. The third kappa shape index (κ3) is 14.2. The summed E-state index contributed by atoms with van der Waals surface area (Å²) in [5.41, 5.74) is 0.487. The van der Waals surface area contributed by atoms with Crippen molar-refractivity contribution in [2.75, 3.05) is 13.2 Å². The summed E-state index contributed by atoms with van der Waals surface area (Å²) in [6.45, 7) is 20.2. The van der Waals surface area contributed by atoms with Crippen molar-refractivity contribution in [2.45, 2.75) is 99.7 Å². The first-order valence-electron chi connectivity index (χ1n) is 13.9. The Bertz CT molecular complexity index is 1060. The summed E-state index contributed by atoms with van der Waals surface area (Å²) in [7, 11) is 0. The maximum Gasteiger partial charge on any atom is 0.344 e. The lowest BCUT2D eigenvalue weighted by atomic mass is 9.82. The highest BCUT2D eigenvalue weighted by Crippen LogP contribution is 2.37. The van der Waals surface area contributed by atoms with Crippen LogP contribution in [0, 0.1) is 11.8 Å². The molecule has 0 amide bonds. The van der Waals surface area contributed by atoms with Gasteiger partial charge in [0, 0.05) is 0 Å². The summed E-state index contributed by atoms with van der Waals surface area (Å²) in [5.74, 6) is 0.552. The molecule has 0 saturated carbocycles. The molecule has 0 fully saturated rings. The van der Waals surface area contributed by atoms with E-state index in [1.165, 1.54) is 0 Å². The molecule has 1 atom stereocenters. The van der Waals surface area contributed by atoms with Crippen LogP contribution in [0.4, 0.5) is 0 Å². The van der Waals surface area contributed by atoms with E-state index in [-0.39, 0.29) is 30.8 Å². The van der Waals surface area contributed by atoms with Gasteiger partial charge in [-0.2, -0.15) is 0 Å². The van der Waals surface area contributed by atoms with Crippen LogP contribution in [0.15, 0.2) is 53.8 Å². The van der Waals surface area contributed by atoms with Gasteiger partial charge in [-0.25, -0.2) is 9.59 Å². The van der Waals surface area contributed by atoms with Crippen LogP contribution in [0.1, 0.15) is 94.1 Å². The van der Waals surface area contributed by atoms with Gasteiger partial charge in [0.2, 0.25) is 0 Å². The van der Waals surface area contributed by atoms with E-state index >= 15 is 0 Å². The van der Waals surface area contributed by atoms with Crippen molar-refractivity contribution in [3.05, 3.63) is 59.4 Å². The maximum absolute atomic E-state index is 12.4. The number of benzene rings is 1. The first-order chi connectivity index (χ1) is 18.4. The summed E-state index contributed by atoms with van der Waals surface area (Å²) in [6.07, 6.45) is 8.54. The van der Waals surface area contributed by atoms with Gasteiger partial charge in [-0.3, -0.25) is 0 Å². The molecular weight excluding hydrogens is 508 g/mol. The Hall–Kier alpha value is -3.22.